The zero-order valence-electron chi connectivity index (χ0n) is 12.3. The topological polar surface area (TPSA) is 28.7 Å². The van der Waals surface area contributed by atoms with Crippen LogP contribution in [0.1, 0.15) is 11.1 Å². The second-order valence-corrected chi connectivity index (χ2v) is 6.50. The van der Waals surface area contributed by atoms with Gasteiger partial charge < -0.3 is 4.98 Å². The summed E-state index contributed by atoms with van der Waals surface area (Å²) in [6.45, 7) is 2.11. The smallest absolute Gasteiger partial charge is 0.166 e. The lowest BCUT2D eigenvalue weighted by atomic mass is 10.1. The van der Waals surface area contributed by atoms with E-state index in [4.69, 9.17) is 4.98 Å². The molecule has 0 saturated carbocycles. The summed E-state index contributed by atoms with van der Waals surface area (Å²) in [5.74, 6) is 0.930. The van der Waals surface area contributed by atoms with Gasteiger partial charge in [0.1, 0.15) is 0 Å². The predicted molar refractivity (Wildman–Crippen MR) is 94.3 cm³/mol. The lowest BCUT2D eigenvalue weighted by Gasteiger charge is -1.99. The van der Waals surface area contributed by atoms with Crippen molar-refractivity contribution in [1.82, 2.24) is 9.97 Å². The van der Waals surface area contributed by atoms with Gasteiger partial charge in [-0.25, -0.2) is 4.98 Å². The Balaban J connectivity index is 1.61. The summed E-state index contributed by atoms with van der Waals surface area (Å²) in [6.07, 6.45) is 0. The van der Waals surface area contributed by atoms with Gasteiger partial charge in [-0.1, -0.05) is 65.9 Å². The van der Waals surface area contributed by atoms with Gasteiger partial charge in [0.25, 0.3) is 0 Å². The molecule has 1 N–H and O–H groups in total. The van der Waals surface area contributed by atoms with E-state index in [1.165, 1.54) is 21.9 Å². The fraction of sp³-hybridized carbons (Fsp3) is 0.105. The van der Waals surface area contributed by atoms with Crippen LogP contribution in [0.3, 0.4) is 0 Å². The summed E-state index contributed by atoms with van der Waals surface area (Å²) >= 11 is 1.74. The molecule has 0 bridgehead atoms. The monoisotopic (exact) mass is 304 g/mol. The van der Waals surface area contributed by atoms with E-state index in [-0.39, 0.29) is 0 Å². The molecule has 0 fully saturated rings. The average molecular weight is 304 g/mol. The van der Waals surface area contributed by atoms with Gasteiger partial charge in [-0.3, -0.25) is 0 Å². The summed E-state index contributed by atoms with van der Waals surface area (Å²) in [7, 11) is 0. The van der Waals surface area contributed by atoms with E-state index in [1.807, 2.05) is 0 Å². The number of fused-ring (bicyclic) bond motifs is 2. The van der Waals surface area contributed by atoms with E-state index in [9.17, 15) is 0 Å². The van der Waals surface area contributed by atoms with Gasteiger partial charge in [0.05, 0.1) is 11.0 Å². The highest BCUT2D eigenvalue weighted by molar-refractivity contribution is 7.98. The Bertz CT molecular complexity index is 886. The third-order valence-corrected chi connectivity index (χ3v) is 4.77. The number of aryl methyl sites for hydroxylation is 1. The van der Waals surface area contributed by atoms with Crippen LogP contribution in [0.15, 0.2) is 65.8 Å². The van der Waals surface area contributed by atoms with E-state index in [0.29, 0.717) is 0 Å². The first kappa shape index (κ1) is 13.4. The molecule has 22 heavy (non-hydrogen) atoms. The van der Waals surface area contributed by atoms with Crippen molar-refractivity contribution < 1.29 is 0 Å². The van der Waals surface area contributed by atoms with Crippen LogP contribution in [0.25, 0.3) is 21.8 Å². The summed E-state index contributed by atoms with van der Waals surface area (Å²) in [5, 5.41) is 3.45. The number of aromatic nitrogens is 2. The van der Waals surface area contributed by atoms with Crippen LogP contribution in [0, 0.1) is 6.92 Å². The van der Waals surface area contributed by atoms with Crippen molar-refractivity contribution in [3.8, 4) is 0 Å². The Labute approximate surface area is 133 Å². The molecule has 4 aromatic rings. The third kappa shape index (κ3) is 2.60. The minimum absolute atomic E-state index is 0.930. The summed E-state index contributed by atoms with van der Waals surface area (Å²) < 4.78 is 0. The second-order valence-electron chi connectivity index (χ2n) is 5.53. The highest BCUT2D eigenvalue weighted by Gasteiger charge is 2.05. The van der Waals surface area contributed by atoms with Crippen LogP contribution >= 0.6 is 11.8 Å². The van der Waals surface area contributed by atoms with E-state index in [0.717, 1.165) is 21.9 Å². The molecule has 0 atom stereocenters. The molecule has 3 heteroatoms. The first-order valence-electron chi connectivity index (χ1n) is 7.35. The number of nitrogens with one attached hydrogen (secondary N) is 1. The second kappa shape index (κ2) is 5.50. The molecule has 0 aliphatic rings. The molecule has 0 aliphatic heterocycles. The quantitative estimate of drug-likeness (QED) is 0.519. The molecule has 1 heterocycles. The van der Waals surface area contributed by atoms with Gasteiger partial charge in [0.15, 0.2) is 5.16 Å². The Kier molecular flexibility index (Phi) is 3.35. The molecular weight excluding hydrogens is 288 g/mol. The Morgan fingerprint density at radius 1 is 0.955 bits per heavy atom. The Hall–Kier alpha value is -2.26. The van der Waals surface area contributed by atoms with E-state index in [2.05, 4.69) is 72.6 Å². The standard InChI is InChI=1S/C19H16N2S/c1-13-6-8-14(9-7-13)12-22-19-20-17-10-15-4-2-3-5-16(15)11-18(17)21-19/h2-11H,12H2,1H3,(H,20,21). The maximum Gasteiger partial charge on any atom is 0.166 e. The molecule has 2 nitrogen and oxygen atoms in total. The highest BCUT2D eigenvalue weighted by atomic mass is 32.2. The minimum atomic E-state index is 0.930. The van der Waals surface area contributed by atoms with Crippen LogP contribution in [0.2, 0.25) is 0 Å². The molecule has 0 spiro atoms. The van der Waals surface area contributed by atoms with E-state index in [1.54, 1.807) is 11.8 Å². The maximum absolute atomic E-state index is 4.70. The maximum atomic E-state index is 4.70. The first-order chi connectivity index (χ1) is 10.8. The molecule has 0 saturated heterocycles. The molecule has 0 amide bonds. The van der Waals surface area contributed by atoms with Crippen LogP contribution in [0.5, 0.6) is 0 Å². The third-order valence-electron chi connectivity index (χ3n) is 3.82. The molecule has 4 rings (SSSR count). The lowest BCUT2D eigenvalue weighted by Crippen LogP contribution is -1.82. The zero-order valence-corrected chi connectivity index (χ0v) is 13.2. The summed E-state index contributed by atoms with van der Waals surface area (Å²) in [5.41, 5.74) is 4.75. The number of aromatic amines is 1. The van der Waals surface area contributed by atoms with Gasteiger partial charge in [-0.15, -0.1) is 0 Å². The normalized spacial score (nSPS) is 11.3. The number of rotatable bonds is 3. The van der Waals surface area contributed by atoms with Crippen LogP contribution < -0.4 is 0 Å². The molecule has 0 radical (unpaired) electrons. The van der Waals surface area contributed by atoms with Crippen molar-refractivity contribution in [2.24, 2.45) is 0 Å². The fourth-order valence-electron chi connectivity index (χ4n) is 2.58. The largest absolute Gasteiger partial charge is 0.333 e. The Morgan fingerprint density at radius 2 is 1.68 bits per heavy atom. The number of hydrogen-bond acceptors (Lipinski definition) is 2. The molecule has 0 aliphatic carbocycles. The van der Waals surface area contributed by atoms with Gasteiger partial charge in [-0.2, -0.15) is 0 Å². The van der Waals surface area contributed by atoms with Crippen LogP contribution in [0.4, 0.5) is 0 Å². The number of nitrogens with zero attached hydrogens (tertiary/aromatic N) is 1. The van der Waals surface area contributed by atoms with Crippen molar-refractivity contribution in [3.05, 3.63) is 71.8 Å². The van der Waals surface area contributed by atoms with Gasteiger partial charge in [0, 0.05) is 5.75 Å². The van der Waals surface area contributed by atoms with Crippen molar-refractivity contribution >= 4 is 33.6 Å². The fourth-order valence-corrected chi connectivity index (χ4v) is 3.42. The number of thioether (sulfide) groups is 1. The summed E-state index contributed by atoms with van der Waals surface area (Å²) in [4.78, 5) is 8.12. The molecule has 1 aromatic heterocycles. The van der Waals surface area contributed by atoms with Crippen molar-refractivity contribution in [2.45, 2.75) is 17.8 Å². The van der Waals surface area contributed by atoms with Crippen LogP contribution in [-0.4, -0.2) is 9.97 Å². The van der Waals surface area contributed by atoms with Crippen molar-refractivity contribution in [3.63, 3.8) is 0 Å². The zero-order chi connectivity index (χ0) is 14.9. The number of benzene rings is 3. The minimum Gasteiger partial charge on any atom is -0.333 e. The molecule has 0 unspecified atom stereocenters. The average Bonchev–Trinajstić information content (AvgIpc) is 2.93. The van der Waals surface area contributed by atoms with Crippen LogP contribution in [-0.2, 0) is 5.75 Å². The highest BCUT2D eigenvalue weighted by Crippen LogP contribution is 2.26. The number of H-pyrrole nitrogens is 1. The lowest BCUT2D eigenvalue weighted by molar-refractivity contribution is 1.08. The van der Waals surface area contributed by atoms with E-state index < -0.39 is 0 Å². The Morgan fingerprint density at radius 3 is 2.45 bits per heavy atom. The van der Waals surface area contributed by atoms with E-state index >= 15 is 0 Å². The molecule has 3 aromatic carbocycles. The first-order valence-corrected chi connectivity index (χ1v) is 8.33. The SMILES string of the molecule is Cc1ccc(CSc2nc3cc4ccccc4cc3[nH]2)cc1. The van der Waals surface area contributed by atoms with Gasteiger partial charge >= 0.3 is 0 Å². The molecule has 108 valence electrons. The van der Waals surface area contributed by atoms with Crippen molar-refractivity contribution in [2.75, 3.05) is 0 Å². The number of hydrogen-bond donors (Lipinski definition) is 1. The number of imidazole rings is 1. The van der Waals surface area contributed by atoms with Crippen molar-refractivity contribution in [1.29, 1.82) is 0 Å². The molecular formula is C19H16N2S. The van der Waals surface area contributed by atoms with Gasteiger partial charge in [-0.05, 0) is 35.4 Å². The summed E-state index contributed by atoms with van der Waals surface area (Å²) in [6, 6.07) is 21.4. The van der Waals surface area contributed by atoms with Gasteiger partial charge in [0.2, 0.25) is 0 Å². The predicted octanol–water partition coefficient (Wildman–Crippen LogP) is 5.32.